The van der Waals surface area contributed by atoms with Gasteiger partial charge in [-0.25, -0.2) is 0 Å². The maximum atomic E-state index is 13.6. The van der Waals surface area contributed by atoms with Crippen LogP contribution in [0.3, 0.4) is 0 Å². The Hall–Kier alpha value is -3.09. The summed E-state index contributed by atoms with van der Waals surface area (Å²) >= 11 is 0. The molecule has 180 valence electrons. The van der Waals surface area contributed by atoms with Gasteiger partial charge in [-0.15, -0.1) is 0 Å². The molecule has 2 fully saturated rings. The van der Waals surface area contributed by atoms with E-state index in [1.165, 1.54) is 11.1 Å². The van der Waals surface area contributed by atoms with E-state index in [1.807, 2.05) is 51.9 Å². The van der Waals surface area contributed by atoms with Crippen LogP contribution in [-0.4, -0.2) is 57.8 Å². The average molecular weight is 463 g/mol. The Balaban J connectivity index is 1.39. The molecule has 2 aliphatic heterocycles. The number of amides is 3. The van der Waals surface area contributed by atoms with Crippen molar-refractivity contribution in [1.29, 1.82) is 0 Å². The maximum Gasteiger partial charge on any atom is 0.270 e. The lowest BCUT2D eigenvalue weighted by molar-refractivity contribution is -0.136. The highest BCUT2D eigenvalue weighted by atomic mass is 16.2. The second kappa shape index (κ2) is 9.65. The molecule has 3 atom stereocenters. The Bertz CT molecular complexity index is 1080. The highest BCUT2D eigenvalue weighted by molar-refractivity contribution is 5.94. The number of benzene rings is 1. The number of hydrogen-bond donors (Lipinski definition) is 1. The van der Waals surface area contributed by atoms with Crippen LogP contribution in [0.1, 0.15) is 53.7 Å². The van der Waals surface area contributed by atoms with E-state index in [-0.39, 0.29) is 35.6 Å². The Morgan fingerprint density at radius 3 is 2.59 bits per heavy atom. The molecular formula is C27H34N4O3. The SMILES string of the molecule is Cn1cccc1C(=O)N1CCCCCNC(=O)[C@H]2C[C@H](C(=O)N3CCc4ccccc4C3)C[C@H]21. The van der Waals surface area contributed by atoms with Crippen LogP contribution in [0.25, 0.3) is 0 Å². The molecule has 1 saturated heterocycles. The molecule has 0 spiro atoms. The van der Waals surface area contributed by atoms with Gasteiger partial charge >= 0.3 is 0 Å². The predicted octanol–water partition coefficient (Wildman–Crippen LogP) is 2.75. The molecular weight excluding hydrogens is 428 g/mol. The van der Waals surface area contributed by atoms with E-state index in [4.69, 9.17) is 0 Å². The minimum absolute atomic E-state index is 0.0177. The van der Waals surface area contributed by atoms with Crippen molar-refractivity contribution >= 4 is 17.7 Å². The van der Waals surface area contributed by atoms with E-state index >= 15 is 0 Å². The van der Waals surface area contributed by atoms with Crippen LogP contribution in [0, 0.1) is 11.8 Å². The quantitative estimate of drug-likeness (QED) is 0.746. The number of fused-ring (bicyclic) bond motifs is 2. The van der Waals surface area contributed by atoms with Gasteiger partial charge in [-0.1, -0.05) is 24.3 Å². The Kier molecular flexibility index (Phi) is 6.44. The lowest BCUT2D eigenvalue weighted by Gasteiger charge is -2.34. The Morgan fingerprint density at radius 1 is 0.971 bits per heavy atom. The van der Waals surface area contributed by atoms with Gasteiger partial charge in [0, 0.05) is 51.4 Å². The Morgan fingerprint density at radius 2 is 1.79 bits per heavy atom. The highest BCUT2D eigenvalue weighted by Gasteiger charge is 2.47. The van der Waals surface area contributed by atoms with Gasteiger partial charge in [-0.3, -0.25) is 14.4 Å². The number of nitrogens with zero attached hydrogens (tertiary/aromatic N) is 3. The minimum atomic E-state index is -0.353. The first-order valence-electron chi connectivity index (χ1n) is 12.6. The Labute approximate surface area is 201 Å². The number of rotatable bonds is 2. The molecule has 0 bridgehead atoms. The lowest BCUT2D eigenvalue weighted by atomic mass is 9.97. The zero-order valence-corrected chi connectivity index (χ0v) is 19.9. The molecule has 3 aliphatic rings. The van der Waals surface area contributed by atoms with Crippen molar-refractivity contribution in [2.75, 3.05) is 19.6 Å². The molecule has 3 amide bonds. The first kappa shape index (κ1) is 22.7. The zero-order valence-electron chi connectivity index (χ0n) is 19.9. The first-order chi connectivity index (χ1) is 16.5. The van der Waals surface area contributed by atoms with Gasteiger partial charge in [0.2, 0.25) is 11.8 Å². The van der Waals surface area contributed by atoms with E-state index in [2.05, 4.69) is 17.4 Å². The van der Waals surface area contributed by atoms with Gasteiger partial charge in [0.05, 0.1) is 5.92 Å². The fourth-order valence-corrected chi connectivity index (χ4v) is 5.96. The summed E-state index contributed by atoms with van der Waals surface area (Å²) in [6, 6.07) is 11.7. The number of carbonyl (C=O) groups excluding carboxylic acids is 3. The third kappa shape index (κ3) is 4.36. The number of carbonyl (C=O) groups is 3. The van der Waals surface area contributed by atoms with Crippen LogP contribution in [0.2, 0.25) is 0 Å². The summed E-state index contributed by atoms with van der Waals surface area (Å²) in [6.07, 6.45) is 6.55. The van der Waals surface area contributed by atoms with Crippen LogP contribution >= 0.6 is 0 Å². The molecule has 3 heterocycles. The van der Waals surface area contributed by atoms with Crippen molar-refractivity contribution in [3.63, 3.8) is 0 Å². The largest absolute Gasteiger partial charge is 0.356 e. The normalized spacial score (nSPS) is 25.3. The molecule has 34 heavy (non-hydrogen) atoms. The molecule has 2 aromatic rings. The van der Waals surface area contributed by atoms with Crippen LogP contribution < -0.4 is 5.32 Å². The maximum absolute atomic E-state index is 13.6. The smallest absolute Gasteiger partial charge is 0.270 e. The fraction of sp³-hybridized carbons (Fsp3) is 0.519. The van der Waals surface area contributed by atoms with Crippen molar-refractivity contribution in [3.8, 4) is 0 Å². The molecule has 5 rings (SSSR count). The zero-order chi connectivity index (χ0) is 23.7. The number of hydrogen-bond acceptors (Lipinski definition) is 3. The van der Waals surface area contributed by atoms with E-state index in [9.17, 15) is 14.4 Å². The summed E-state index contributed by atoms with van der Waals surface area (Å²) < 4.78 is 1.83. The minimum Gasteiger partial charge on any atom is -0.356 e. The van der Waals surface area contributed by atoms with E-state index in [1.54, 1.807) is 0 Å². The van der Waals surface area contributed by atoms with Crippen LogP contribution in [-0.2, 0) is 29.6 Å². The van der Waals surface area contributed by atoms with Gasteiger partial charge < -0.3 is 19.7 Å². The third-order valence-corrected chi connectivity index (χ3v) is 7.86. The van der Waals surface area contributed by atoms with E-state index in [0.29, 0.717) is 44.7 Å². The molecule has 1 aliphatic carbocycles. The molecule has 0 radical (unpaired) electrons. The van der Waals surface area contributed by atoms with Gasteiger partial charge in [-0.05, 0) is 61.8 Å². The summed E-state index contributed by atoms with van der Waals surface area (Å²) in [6.45, 7) is 2.62. The highest BCUT2D eigenvalue weighted by Crippen LogP contribution is 2.38. The van der Waals surface area contributed by atoms with E-state index < -0.39 is 0 Å². The fourth-order valence-electron chi connectivity index (χ4n) is 5.96. The summed E-state index contributed by atoms with van der Waals surface area (Å²) in [4.78, 5) is 44.2. The molecule has 1 saturated carbocycles. The van der Waals surface area contributed by atoms with Gasteiger partial charge in [0.15, 0.2) is 0 Å². The number of nitrogens with one attached hydrogen (secondary N) is 1. The second-order valence-corrected chi connectivity index (χ2v) is 9.98. The van der Waals surface area contributed by atoms with Crippen molar-refractivity contribution in [2.24, 2.45) is 18.9 Å². The van der Waals surface area contributed by atoms with Crippen LogP contribution in [0.4, 0.5) is 0 Å². The number of aryl methyl sites for hydroxylation is 1. The van der Waals surface area contributed by atoms with Crippen molar-refractivity contribution in [3.05, 3.63) is 59.4 Å². The summed E-state index contributed by atoms with van der Waals surface area (Å²) in [7, 11) is 1.87. The first-order valence-corrected chi connectivity index (χ1v) is 12.6. The lowest BCUT2D eigenvalue weighted by Crippen LogP contribution is -2.48. The average Bonchev–Trinajstić information content (AvgIpc) is 3.49. The summed E-state index contributed by atoms with van der Waals surface area (Å²) in [5.41, 5.74) is 3.14. The van der Waals surface area contributed by atoms with Gasteiger partial charge in [-0.2, -0.15) is 0 Å². The predicted molar refractivity (Wildman–Crippen MR) is 129 cm³/mol. The molecule has 0 unspecified atom stereocenters. The van der Waals surface area contributed by atoms with Crippen molar-refractivity contribution in [1.82, 2.24) is 19.7 Å². The second-order valence-electron chi connectivity index (χ2n) is 9.98. The van der Waals surface area contributed by atoms with E-state index in [0.717, 1.165) is 25.7 Å². The summed E-state index contributed by atoms with van der Waals surface area (Å²) in [5, 5.41) is 3.07. The molecule has 7 nitrogen and oxygen atoms in total. The molecule has 1 aromatic heterocycles. The molecule has 1 aromatic carbocycles. The summed E-state index contributed by atoms with van der Waals surface area (Å²) in [5.74, 6) is -0.536. The standard InChI is InChI=1S/C27H34N4O3/c1-29-13-7-10-23(29)27(34)31-14-6-2-5-12-28-25(32)22-16-21(17-24(22)31)26(33)30-15-11-19-8-3-4-9-20(19)18-30/h3-4,7-10,13,21-22,24H,2,5-6,11-12,14-18H2,1H3,(H,28,32)/t21-,22-,24+/m0/s1. The van der Waals surface area contributed by atoms with Crippen molar-refractivity contribution < 1.29 is 14.4 Å². The number of aromatic nitrogens is 1. The third-order valence-electron chi connectivity index (χ3n) is 7.86. The molecule has 1 N–H and O–H groups in total. The van der Waals surface area contributed by atoms with Crippen LogP contribution in [0.5, 0.6) is 0 Å². The van der Waals surface area contributed by atoms with Crippen molar-refractivity contribution in [2.45, 2.75) is 51.1 Å². The monoisotopic (exact) mass is 462 g/mol. The topological polar surface area (TPSA) is 74.6 Å². The molecule has 7 heteroatoms. The van der Waals surface area contributed by atoms with Gasteiger partial charge in [0.25, 0.3) is 5.91 Å². The van der Waals surface area contributed by atoms with Gasteiger partial charge in [0.1, 0.15) is 5.69 Å². The van der Waals surface area contributed by atoms with Crippen LogP contribution in [0.15, 0.2) is 42.6 Å².